The summed E-state index contributed by atoms with van der Waals surface area (Å²) in [4.78, 5) is 14.1. The molecule has 1 aliphatic rings. The molecular formula is C12H14BrClN2O3S. The molecule has 8 heteroatoms. The molecular weight excluding hydrogens is 368 g/mol. The molecule has 0 heterocycles. The Balaban J connectivity index is 2.49. The fourth-order valence-corrected chi connectivity index (χ4v) is 3.36. The molecule has 0 saturated heterocycles. The van der Waals surface area contributed by atoms with Crippen molar-refractivity contribution in [3.8, 4) is 0 Å². The van der Waals surface area contributed by atoms with Crippen LogP contribution in [0.25, 0.3) is 0 Å². The minimum Gasteiger partial charge on any atom is -0.336 e. The number of halogens is 2. The Morgan fingerprint density at radius 2 is 2.10 bits per heavy atom. The molecule has 0 spiro atoms. The van der Waals surface area contributed by atoms with Crippen molar-refractivity contribution in [1.29, 1.82) is 0 Å². The number of carbonyl (C=O) groups is 1. The zero-order valence-electron chi connectivity index (χ0n) is 10.8. The van der Waals surface area contributed by atoms with Gasteiger partial charge >= 0.3 is 0 Å². The number of amides is 1. The second-order valence-electron chi connectivity index (χ2n) is 4.63. The second kappa shape index (κ2) is 5.63. The topological polar surface area (TPSA) is 80.5 Å². The number of hydrogen-bond donors (Lipinski definition) is 1. The number of primary sulfonamides is 1. The minimum absolute atomic E-state index is 0.135. The Morgan fingerprint density at radius 3 is 2.55 bits per heavy atom. The van der Waals surface area contributed by atoms with Crippen LogP contribution < -0.4 is 5.14 Å². The number of hydrogen-bond acceptors (Lipinski definition) is 3. The summed E-state index contributed by atoms with van der Waals surface area (Å²) in [7, 11) is -3.89. The first-order valence-corrected chi connectivity index (χ1v) is 8.80. The molecule has 0 unspecified atom stereocenters. The van der Waals surface area contributed by atoms with Crippen LogP contribution in [0, 0.1) is 0 Å². The van der Waals surface area contributed by atoms with Crippen molar-refractivity contribution in [3.63, 3.8) is 0 Å². The lowest BCUT2D eigenvalue weighted by molar-refractivity contribution is 0.0752. The highest BCUT2D eigenvalue weighted by Crippen LogP contribution is 2.33. The van der Waals surface area contributed by atoms with E-state index in [1.165, 1.54) is 12.1 Å². The molecule has 1 amide bonds. The van der Waals surface area contributed by atoms with Crippen LogP contribution in [0.15, 0.2) is 21.5 Å². The molecule has 1 aliphatic carbocycles. The summed E-state index contributed by atoms with van der Waals surface area (Å²) < 4.78 is 23.2. The maximum Gasteiger partial charge on any atom is 0.255 e. The molecule has 0 aliphatic heterocycles. The Bertz CT molecular complexity index is 659. The number of rotatable bonds is 4. The normalized spacial score (nSPS) is 15.2. The van der Waals surface area contributed by atoms with Gasteiger partial charge in [-0.25, -0.2) is 13.6 Å². The van der Waals surface area contributed by atoms with Crippen molar-refractivity contribution >= 4 is 43.5 Å². The lowest BCUT2D eigenvalue weighted by Crippen LogP contribution is -2.33. The van der Waals surface area contributed by atoms with Crippen LogP contribution >= 0.6 is 27.5 Å². The van der Waals surface area contributed by atoms with Gasteiger partial charge in [-0.15, -0.1) is 0 Å². The maximum absolute atomic E-state index is 12.5. The molecule has 0 bridgehead atoms. The van der Waals surface area contributed by atoms with E-state index in [4.69, 9.17) is 16.7 Å². The number of nitrogens with zero attached hydrogens (tertiary/aromatic N) is 1. The van der Waals surface area contributed by atoms with Crippen LogP contribution in [-0.2, 0) is 10.0 Å². The number of sulfonamides is 1. The lowest BCUT2D eigenvalue weighted by Gasteiger charge is -2.21. The van der Waals surface area contributed by atoms with Gasteiger partial charge in [0, 0.05) is 17.1 Å². The zero-order valence-corrected chi connectivity index (χ0v) is 13.9. The molecule has 5 nitrogen and oxygen atoms in total. The summed E-state index contributed by atoms with van der Waals surface area (Å²) in [6.07, 6.45) is 1.93. The monoisotopic (exact) mass is 380 g/mol. The molecule has 0 aromatic heterocycles. The van der Waals surface area contributed by atoms with Gasteiger partial charge in [-0.3, -0.25) is 4.79 Å². The minimum atomic E-state index is -3.89. The fraction of sp³-hybridized carbons (Fsp3) is 0.417. The summed E-state index contributed by atoms with van der Waals surface area (Å²) in [5.41, 5.74) is 0.152. The Kier molecular flexibility index (Phi) is 4.44. The highest BCUT2D eigenvalue weighted by molar-refractivity contribution is 9.10. The molecule has 0 radical (unpaired) electrons. The summed E-state index contributed by atoms with van der Waals surface area (Å²) in [5, 5.41) is 5.30. The van der Waals surface area contributed by atoms with Gasteiger partial charge < -0.3 is 4.90 Å². The van der Waals surface area contributed by atoms with Crippen LogP contribution in [0.1, 0.15) is 30.1 Å². The Labute approximate surface area is 131 Å². The van der Waals surface area contributed by atoms with Gasteiger partial charge in [0.25, 0.3) is 5.91 Å². The largest absolute Gasteiger partial charge is 0.336 e. The molecule has 110 valence electrons. The van der Waals surface area contributed by atoms with E-state index in [-0.39, 0.29) is 27.4 Å². The molecule has 0 atom stereocenters. The maximum atomic E-state index is 12.5. The fourth-order valence-electron chi connectivity index (χ4n) is 1.99. The number of nitrogens with two attached hydrogens (primary N) is 1. The number of benzene rings is 1. The SMILES string of the molecule is CCN(C(=O)c1cc(S(N)(=O)=O)cc(Br)c1Cl)C1CC1. The van der Waals surface area contributed by atoms with E-state index < -0.39 is 10.0 Å². The average molecular weight is 382 g/mol. The predicted molar refractivity (Wildman–Crippen MR) is 80.3 cm³/mol. The van der Waals surface area contributed by atoms with Crippen molar-refractivity contribution in [2.45, 2.75) is 30.7 Å². The standard InChI is InChI=1S/C12H14BrClN2O3S/c1-2-16(7-3-4-7)12(17)9-5-8(20(15,18)19)6-10(13)11(9)14/h5-7H,2-4H2,1H3,(H2,15,18,19). The quantitative estimate of drug-likeness (QED) is 0.869. The molecule has 1 saturated carbocycles. The van der Waals surface area contributed by atoms with E-state index in [1.807, 2.05) is 6.92 Å². The molecule has 20 heavy (non-hydrogen) atoms. The van der Waals surface area contributed by atoms with Crippen molar-refractivity contribution in [2.75, 3.05) is 6.54 Å². The van der Waals surface area contributed by atoms with E-state index in [0.717, 1.165) is 12.8 Å². The highest BCUT2D eigenvalue weighted by Gasteiger charge is 2.33. The summed E-state index contributed by atoms with van der Waals surface area (Å²) in [6.45, 7) is 2.43. The lowest BCUT2D eigenvalue weighted by atomic mass is 10.2. The third-order valence-corrected chi connectivity index (χ3v) is 5.30. The third kappa shape index (κ3) is 3.16. The van der Waals surface area contributed by atoms with Crippen LogP contribution in [0.3, 0.4) is 0 Å². The second-order valence-corrected chi connectivity index (χ2v) is 7.43. The van der Waals surface area contributed by atoms with Crippen molar-refractivity contribution in [2.24, 2.45) is 5.14 Å². The van der Waals surface area contributed by atoms with Crippen molar-refractivity contribution in [1.82, 2.24) is 4.90 Å². The van der Waals surface area contributed by atoms with Gasteiger partial charge in [-0.05, 0) is 47.8 Å². The van der Waals surface area contributed by atoms with E-state index in [2.05, 4.69) is 15.9 Å². The van der Waals surface area contributed by atoms with Gasteiger partial charge in [-0.2, -0.15) is 0 Å². The molecule has 2 N–H and O–H groups in total. The Morgan fingerprint density at radius 1 is 1.50 bits per heavy atom. The summed E-state index contributed by atoms with van der Waals surface area (Å²) in [5.74, 6) is -0.272. The van der Waals surface area contributed by atoms with E-state index in [0.29, 0.717) is 11.0 Å². The van der Waals surface area contributed by atoms with Crippen molar-refractivity contribution < 1.29 is 13.2 Å². The van der Waals surface area contributed by atoms with Crippen LogP contribution in [-0.4, -0.2) is 31.8 Å². The van der Waals surface area contributed by atoms with Crippen molar-refractivity contribution in [3.05, 3.63) is 27.2 Å². The van der Waals surface area contributed by atoms with Gasteiger partial charge in [-0.1, -0.05) is 11.6 Å². The zero-order chi connectivity index (χ0) is 15.1. The summed E-state index contributed by atoms with van der Waals surface area (Å²) in [6, 6.07) is 2.75. The first-order valence-electron chi connectivity index (χ1n) is 6.08. The van der Waals surface area contributed by atoms with Gasteiger partial charge in [0.15, 0.2) is 0 Å². The van der Waals surface area contributed by atoms with Crippen LogP contribution in [0.2, 0.25) is 5.02 Å². The van der Waals surface area contributed by atoms with E-state index in [1.54, 1.807) is 4.90 Å². The molecule has 1 fully saturated rings. The third-order valence-electron chi connectivity index (χ3n) is 3.15. The van der Waals surface area contributed by atoms with E-state index in [9.17, 15) is 13.2 Å². The highest BCUT2D eigenvalue weighted by atomic mass is 79.9. The first-order chi connectivity index (χ1) is 9.25. The molecule has 2 rings (SSSR count). The Hall–Kier alpha value is -0.630. The molecule has 1 aromatic carbocycles. The van der Waals surface area contributed by atoms with E-state index >= 15 is 0 Å². The van der Waals surface area contributed by atoms with Crippen LogP contribution in [0.4, 0.5) is 0 Å². The van der Waals surface area contributed by atoms with Gasteiger partial charge in [0.2, 0.25) is 10.0 Å². The first kappa shape index (κ1) is 15.8. The van der Waals surface area contributed by atoms with Gasteiger partial charge in [0.05, 0.1) is 15.5 Å². The smallest absolute Gasteiger partial charge is 0.255 e. The summed E-state index contributed by atoms with van der Waals surface area (Å²) >= 11 is 9.26. The number of carbonyl (C=O) groups excluding carboxylic acids is 1. The predicted octanol–water partition coefficient (Wildman–Crippen LogP) is 2.37. The van der Waals surface area contributed by atoms with Crippen LogP contribution in [0.5, 0.6) is 0 Å². The van der Waals surface area contributed by atoms with Gasteiger partial charge in [0.1, 0.15) is 0 Å². The molecule has 1 aromatic rings. The average Bonchev–Trinajstić information content (AvgIpc) is 3.16.